The zero-order valence-electron chi connectivity index (χ0n) is 24.0. The first kappa shape index (κ1) is 31.3. The Morgan fingerprint density at radius 1 is 0.854 bits per heavy atom. The highest BCUT2D eigenvalue weighted by atomic mass is 32.2. The van der Waals surface area contributed by atoms with E-state index in [4.69, 9.17) is 14.2 Å². The average molecular weight is 584 g/mol. The van der Waals surface area contributed by atoms with E-state index in [9.17, 15) is 18.0 Å². The van der Waals surface area contributed by atoms with Crippen molar-refractivity contribution in [2.24, 2.45) is 0 Å². The lowest BCUT2D eigenvalue weighted by Gasteiger charge is -2.33. The van der Waals surface area contributed by atoms with Gasteiger partial charge in [-0.3, -0.25) is 13.9 Å². The molecule has 3 rings (SSSR count). The van der Waals surface area contributed by atoms with Gasteiger partial charge in [-0.05, 0) is 55.3 Å². The summed E-state index contributed by atoms with van der Waals surface area (Å²) in [7, 11) is 0.276. The molecule has 0 radical (unpaired) electrons. The number of nitrogens with zero attached hydrogens (tertiary/aromatic N) is 2. The van der Waals surface area contributed by atoms with Crippen LogP contribution in [-0.2, 0) is 26.2 Å². The van der Waals surface area contributed by atoms with E-state index in [0.29, 0.717) is 30.2 Å². The van der Waals surface area contributed by atoms with E-state index >= 15 is 0 Å². The van der Waals surface area contributed by atoms with Crippen molar-refractivity contribution in [2.45, 2.75) is 37.8 Å². The van der Waals surface area contributed by atoms with E-state index in [-0.39, 0.29) is 23.0 Å². The predicted octanol–water partition coefficient (Wildman–Crippen LogP) is 3.85. The van der Waals surface area contributed by atoms with Gasteiger partial charge in [0.2, 0.25) is 11.8 Å². The van der Waals surface area contributed by atoms with Gasteiger partial charge in [-0.1, -0.05) is 37.3 Å². The molecule has 0 fully saturated rings. The summed E-state index contributed by atoms with van der Waals surface area (Å²) in [4.78, 5) is 28.6. The molecule has 0 unspecified atom stereocenters. The third-order valence-corrected chi connectivity index (χ3v) is 8.30. The normalized spacial score (nSPS) is 11.7. The Hall–Kier alpha value is -4.25. The zero-order valence-corrected chi connectivity index (χ0v) is 24.8. The topological polar surface area (TPSA) is 114 Å². The highest BCUT2D eigenvalue weighted by molar-refractivity contribution is 7.92. The van der Waals surface area contributed by atoms with E-state index < -0.39 is 28.5 Å². The quantitative estimate of drug-likeness (QED) is 0.307. The third kappa shape index (κ3) is 7.49. The van der Waals surface area contributed by atoms with Crippen LogP contribution in [0.2, 0.25) is 0 Å². The molecule has 41 heavy (non-hydrogen) atoms. The third-order valence-electron chi connectivity index (χ3n) is 6.51. The molecule has 0 saturated heterocycles. The van der Waals surface area contributed by atoms with Gasteiger partial charge in [-0.15, -0.1) is 0 Å². The van der Waals surface area contributed by atoms with Crippen molar-refractivity contribution in [3.05, 3.63) is 78.4 Å². The van der Waals surface area contributed by atoms with Gasteiger partial charge >= 0.3 is 0 Å². The summed E-state index contributed by atoms with van der Waals surface area (Å²) in [6, 6.07) is 18.8. The maximum Gasteiger partial charge on any atom is 0.264 e. The van der Waals surface area contributed by atoms with Gasteiger partial charge in [-0.2, -0.15) is 0 Å². The molecule has 0 saturated carbocycles. The SMILES string of the molecule is CCNC(=O)[C@H](CC)N(Cc1ccc(OC)cc1)C(=O)CN(c1ccc(OC)c(OC)c1)S(=O)(=O)c1ccccc1. The molecule has 1 N–H and O–H groups in total. The number of carbonyl (C=O) groups is 2. The van der Waals surface area contributed by atoms with Crippen molar-refractivity contribution in [3.8, 4) is 17.2 Å². The number of carbonyl (C=O) groups excluding carboxylic acids is 2. The highest BCUT2D eigenvalue weighted by Gasteiger charge is 2.34. The van der Waals surface area contributed by atoms with Gasteiger partial charge in [0.05, 0.1) is 31.9 Å². The molecule has 0 aliphatic carbocycles. The van der Waals surface area contributed by atoms with Crippen molar-refractivity contribution < 1.29 is 32.2 Å². The molecule has 3 aromatic carbocycles. The summed E-state index contributed by atoms with van der Waals surface area (Å²) in [6.07, 6.45) is 0.329. The molecule has 1 atom stereocenters. The summed E-state index contributed by atoms with van der Waals surface area (Å²) in [5.41, 5.74) is 0.959. The van der Waals surface area contributed by atoms with Crippen LogP contribution in [0.3, 0.4) is 0 Å². The van der Waals surface area contributed by atoms with E-state index in [0.717, 1.165) is 9.87 Å². The number of benzene rings is 3. The average Bonchev–Trinajstić information content (AvgIpc) is 3.00. The standard InChI is InChI=1S/C30H37N3O7S/c1-6-26(30(35)31-7-2)32(20-22-13-16-24(38-3)17-14-22)29(34)21-33(41(36,37)25-11-9-8-10-12-25)23-15-18-27(39-4)28(19-23)40-5/h8-19,26H,6-7,20-21H2,1-5H3,(H,31,35)/t26-/m0/s1. The molecular formula is C30H37N3O7S. The van der Waals surface area contributed by atoms with Crippen LogP contribution in [0.5, 0.6) is 17.2 Å². The molecule has 0 heterocycles. The van der Waals surface area contributed by atoms with Crippen LogP contribution in [-0.4, -0.2) is 65.6 Å². The van der Waals surface area contributed by atoms with Crippen LogP contribution in [0.25, 0.3) is 0 Å². The summed E-state index contributed by atoms with van der Waals surface area (Å²) in [6.45, 7) is 3.52. The Kier molecular flexibility index (Phi) is 11.0. The molecule has 0 aliphatic heterocycles. The van der Waals surface area contributed by atoms with E-state index in [1.54, 1.807) is 75.6 Å². The van der Waals surface area contributed by atoms with Gasteiger partial charge in [0.1, 0.15) is 18.3 Å². The molecule has 2 amide bonds. The van der Waals surface area contributed by atoms with Gasteiger partial charge in [0.25, 0.3) is 10.0 Å². The molecule has 0 aliphatic rings. The second-order valence-corrected chi connectivity index (χ2v) is 10.9. The lowest BCUT2D eigenvalue weighted by molar-refractivity contribution is -0.140. The number of hydrogen-bond acceptors (Lipinski definition) is 7. The molecule has 10 nitrogen and oxygen atoms in total. The van der Waals surface area contributed by atoms with Crippen LogP contribution in [0.4, 0.5) is 5.69 Å². The summed E-state index contributed by atoms with van der Waals surface area (Å²) >= 11 is 0. The van der Waals surface area contributed by atoms with Crippen molar-refractivity contribution in [3.63, 3.8) is 0 Å². The van der Waals surface area contributed by atoms with E-state index in [1.165, 1.54) is 37.3 Å². The number of likely N-dealkylation sites (N-methyl/N-ethyl adjacent to an activating group) is 1. The zero-order chi connectivity index (χ0) is 30.0. The van der Waals surface area contributed by atoms with E-state index in [1.807, 2.05) is 0 Å². The van der Waals surface area contributed by atoms with Gasteiger partial charge < -0.3 is 24.4 Å². The van der Waals surface area contributed by atoms with Crippen molar-refractivity contribution in [1.29, 1.82) is 0 Å². The fourth-order valence-electron chi connectivity index (χ4n) is 4.37. The largest absolute Gasteiger partial charge is 0.497 e. The number of nitrogens with one attached hydrogen (secondary N) is 1. The number of sulfonamides is 1. The number of ether oxygens (including phenoxy) is 3. The maximum absolute atomic E-state index is 14.1. The second kappa shape index (κ2) is 14.4. The second-order valence-electron chi connectivity index (χ2n) is 9.05. The number of anilines is 1. The minimum absolute atomic E-state index is 0.0139. The van der Waals surface area contributed by atoms with Gasteiger partial charge in [-0.25, -0.2) is 8.42 Å². The molecule has 220 valence electrons. The van der Waals surface area contributed by atoms with Crippen LogP contribution in [0.1, 0.15) is 25.8 Å². The molecule has 3 aromatic rings. The predicted molar refractivity (Wildman–Crippen MR) is 157 cm³/mol. The Morgan fingerprint density at radius 2 is 1.51 bits per heavy atom. The van der Waals surface area contributed by atoms with Crippen molar-refractivity contribution in [2.75, 3.05) is 38.7 Å². The number of rotatable bonds is 14. The monoisotopic (exact) mass is 583 g/mol. The Labute approximate surface area is 241 Å². The first-order valence-corrected chi connectivity index (χ1v) is 14.6. The summed E-state index contributed by atoms with van der Waals surface area (Å²) in [5, 5.41) is 2.79. The Bertz CT molecular complexity index is 1410. The lowest BCUT2D eigenvalue weighted by atomic mass is 10.1. The minimum atomic E-state index is -4.20. The molecule has 0 aromatic heterocycles. The number of methoxy groups -OCH3 is 3. The fraction of sp³-hybridized carbons (Fsp3) is 0.333. The minimum Gasteiger partial charge on any atom is -0.497 e. The number of amides is 2. The summed E-state index contributed by atoms with van der Waals surface area (Å²) in [5.74, 6) is 0.488. The molecule has 0 spiro atoms. The van der Waals surface area contributed by atoms with Crippen molar-refractivity contribution in [1.82, 2.24) is 10.2 Å². The first-order valence-electron chi connectivity index (χ1n) is 13.2. The highest BCUT2D eigenvalue weighted by Crippen LogP contribution is 2.34. The summed E-state index contributed by atoms with van der Waals surface area (Å²) < 4.78 is 44.9. The van der Waals surface area contributed by atoms with E-state index in [2.05, 4.69) is 5.32 Å². The van der Waals surface area contributed by atoms with Crippen LogP contribution in [0, 0.1) is 0 Å². The van der Waals surface area contributed by atoms with Crippen LogP contribution < -0.4 is 23.8 Å². The maximum atomic E-state index is 14.1. The molecular weight excluding hydrogens is 546 g/mol. The first-order chi connectivity index (χ1) is 19.7. The van der Waals surface area contributed by atoms with Gasteiger partial charge in [0.15, 0.2) is 11.5 Å². The molecule has 0 bridgehead atoms. The fourth-order valence-corrected chi connectivity index (χ4v) is 5.79. The van der Waals surface area contributed by atoms with Crippen molar-refractivity contribution >= 4 is 27.5 Å². The van der Waals surface area contributed by atoms with Crippen LogP contribution in [0.15, 0.2) is 77.7 Å². The van der Waals surface area contributed by atoms with Crippen LogP contribution >= 0.6 is 0 Å². The molecule has 11 heteroatoms. The Morgan fingerprint density at radius 3 is 2.07 bits per heavy atom. The Balaban J connectivity index is 2.09. The lowest BCUT2D eigenvalue weighted by Crippen LogP contribution is -2.52. The van der Waals surface area contributed by atoms with Gasteiger partial charge in [0, 0.05) is 19.2 Å². The smallest absolute Gasteiger partial charge is 0.264 e. The number of hydrogen-bond donors (Lipinski definition) is 1.